The van der Waals surface area contributed by atoms with Crippen LogP contribution in [0.15, 0.2) is 30.3 Å². The average molecular weight is 382 g/mol. The molecule has 3 heterocycles. The number of halogens is 1. The number of hydrogen-bond donors (Lipinski definition) is 1. The highest BCUT2D eigenvalue weighted by Crippen LogP contribution is 2.27. The molecule has 3 aliphatic rings. The van der Waals surface area contributed by atoms with Crippen LogP contribution < -0.4 is 5.32 Å². The summed E-state index contributed by atoms with van der Waals surface area (Å²) in [6, 6.07) is 8.49. The molecule has 2 bridgehead atoms. The number of nitrogens with zero attached hydrogens (tertiary/aromatic N) is 1. The van der Waals surface area contributed by atoms with Crippen molar-refractivity contribution in [3.63, 3.8) is 0 Å². The number of fused-ring (bicyclic) bond motifs is 3. The lowest BCUT2D eigenvalue weighted by Gasteiger charge is -2.44. The third-order valence-electron chi connectivity index (χ3n) is 4.28. The van der Waals surface area contributed by atoms with Crippen molar-refractivity contribution in [2.24, 2.45) is 5.92 Å². The zero-order valence-electron chi connectivity index (χ0n) is 11.4. The van der Waals surface area contributed by atoms with Gasteiger partial charge in [-0.1, -0.05) is 12.1 Å². The van der Waals surface area contributed by atoms with Gasteiger partial charge in [0.15, 0.2) is 0 Å². The zero-order valence-corrected chi connectivity index (χ0v) is 13.5. The monoisotopic (exact) mass is 382 g/mol. The van der Waals surface area contributed by atoms with Crippen LogP contribution in [-0.4, -0.2) is 36.5 Å². The van der Waals surface area contributed by atoms with Gasteiger partial charge < -0.3 is 10.2 Å². The van der Waals surface area contributed by atoms with Crippen molar-refractivity contribution in [1.82, 2.24) is 10.2 Å². The second-order valence-corrected chi connectivity index (χ2v) is 6.88. The van der Waals surface area contributed by atoms with Gasteiger partial charge in [-0.05, 0) is 78.2 Å². The van der Waals surface area contributed by atoms with Crippen LogP contribution in [0, 0.1) is 9.49 Å². The molecule has 1 aromatic carbocycles. The first-order valence-electron chi connectivity index (χ1n) is 7.17. The topological polar surface area (TPSA) is 32.3 Å². The Bertz CT molecular complexity index is 504. The Morgan fingerprint density at radius 2 is 1.95 bits per heavy atom. The van der Waals surface area contributed by atoms with Crippen molar-refractivity contribution in [2.45, 2.75) is 18.9 Å². The smallest absolute Gasteiger partial charge is 0.244 e. The van der Waals surface area contributed by atoms with E-state index in [-0.39, 0.29) is 5.91 Å². The average Bonchev–Trinajstić information content (AvgIpc) is 2.48. The Labute approximate surface area is 133 Å². The van der Waals surface area contributed by atoms with Gasteiger partial charge in [-0.15, -0.1) is 0 Å². The van der Waals surface area contributed by atoms with Gasteiger partial charge in [-0.3, -0.25) is 4.79 Å². The number of hydrogen-bond acceptors (Lipinski definition) is 2. The molecule has 1 aromatic rings. The predicted octanol–water partition coefficient (Wildman–Crippen LogP) is 2.51. The standard InChI is InChI=1S/C16H19IN2O/c17-14-4-1-12(2-5-14)3-6-16(20)18-15-11-19-9-7-13(15)8-10-19/h1-6,13,15H,7-11H2,(H,18,20). The molecule has 4 rings (SSSR count). The molecule has 20 heavy (non-hydrogen) atoms. The minimum absolute atomic E-state index is 0.0299. The third-order valence-corrected chi connectivity index (χ3v) is 5.00. The Morgan fingerprint density at radius 1 is 1.25 bits per heavy atom. The Kier molecular flexibility index (Phi) is 4.41. The summed E-state index contributed by atoms with van der Waals surface area (Å²) in [5.41, 5.74) is 1.06. The van der Waals surface area contributed by atoms with E-state index in [1.807, 2.05) is 30.3 Å². The summed E-state index contributed by atoms with van der Waals surface area (Å²) in [5.74, 6) is 0.706. The Balaban J connectivity index is 1.55. The number of carbonyl (C=O) groups excluding carboxylic acids is 1. The van der Waals surface area contributed by atoms with Crippen LogP contribution in [0.25, 0.3) is 6.08 Å². The molecule has 0 aromatic heterocycles. The molecular formula is C16H19IN2O. The summed E-state index contributed by atoms with van der Waals surface area (Å²) in [6.07, 6.45) is 5.99. The molecule has 0 saturated carbocycles. The summed E-state index contributed by atoms with van der Waals surface area (Å²) in [5, 5.41) is 3.16. The first kappa shape index (κ1) is 14.1. The highest BCUT2D eigenvalue weighted by Gasteiger charge is 2.34. The SMILES string of the molecule is O=C(C=Cc1ccc(I)cc1)NC1CN2CCC1CC2. The molecule has 1 N–H and O–H groups in total. The van der Waals surface area contributed by atoms with Gasteiger partial charge in [0.05, 0.1) is 0 Å². The summed E-state index contributed by atoms with van der Waals surface area (Å²) in [4.78, 5) is 14.5. The first-order valence-corrected chi connectivity index (χ1v) is 8.25. The Hall–Kier alpha value is -0.880. The number of amides is 1. The van der Waals surface area contributed by atoms with E-state index in [0.29, 0.717) is 12.0 Å². The van der Waals surface area contributed by atoms with E-state index in [0.717, 1.165) is 12.1 Å². The quantitative estimate of drug-likeness (QED) is 0.644. The van der Waals surface area contributed by atoms with E-state index in [9.17, 15) is 4.79 Å². The van der Waals surface area contributed by atoms with Crippen molar-refractivity contribution < 1.29 is 4.79 Å². The lowest BCUT2D eigenvalue weighted by Crippen LogP contribution is -2.57. The molecule has 4 heteroatoms. The fourth-order valence-corrected chi connectivity index (χ4v) is 3.46. The maximum Gasteiger partial charge on any atom is 0.244 e. The number of piperidine rings is 3. The predicted molar refractivity (Wildman–Crippen MR) is 89.3 cm³/mol. The molecule has 3 nitrogen and oxygen atoms in total. The van der Waals surface area contributed by atoms with Gasteiger partial charge in [-0.25, -0.2) is 0 Å². The summed E-state index contributed by atoms with van der Waals surface area (Å²) in [7, 11) is 0. The molecular weight excluding hydrogens is 363 g/mol. The van der Waals surface area contributed by atoms with Crippen LogP contribution in [0.4, 0.5) is 0 Å². The van der Waals surface area contributed by atoms with Crippen molar-refractivity contribution in [2.75, 3.05) is 19.6 Å². The van der Waals surface area contributed by atoms with Gasteiger partial charge in [-0.2, -0.15) is 0 Å². The summed E-state index contributed by atoms with van der Waals surface area (Å²) < 4.78 is 1.21. The summed E-state index contributed by atoms with van der Waals surface area (Å²) >= 11 is 2.28. The van der Waals surface area contributed by atoms with Crippen molar-refractivity contribution >= 4 is 34.6 Å². The maximum absolute atomic E-state index is 12.0. The second-order valence-electron chi connectivity index (χ2n) is 5.64. The van der Waals surface area contributed by atoms with Crippen LogP contribution in [0.1, 0.15) is 18.4 Å². The molecule has 0 radical (unpaired) electrons. The minimum Gasteiger partial charge on any atom is -0.348 e. The van der Waals surface area contributed by atoms with Crippen molar-refractivity contribution in [1.29, 1.82) is 0 Å². The van der Waals surface area contributed by atoms with E-state index in [1.54, 1.807) is 6.08 Å². The van der Waals surface area contributed by atoms with Crippen molar-refractivity contribution in [3.8, 4) is 0 Å². The minimum atomic E-state index is 0.0299. The normalized spacial score (nSPS) is 28.8. The number of benzene rings is 1. The van der Waals surface area contributed by atoms with Crippen molar-refractivity contribution in [3.05, 3.63) is 39.5 Å². The number of rotatable bonds is 3. The molecule has 3 aliphatic heterocycles. The van der Waals surface area contributed by atoms with Crippen LogP contribution in [0.3, 0.4) is 0 Å². The van der Waals surface area contributed by atoms with Crippen LogP contribution in [0.2, 0.25) is 0 Å². The van der Waals surface area contributed by atoms with Gasteiger partial charge >= 0.3 is 0 Å². The van der Waals surface area contributed by atoms with E-state index in [1.165, 1.54) is 29.5 Å². The number of carbonyl (C=O) groups is 1. The van der Waals surface area contributed by atoms with Gasteiger partial charge in [0.2, 0.25) is 5.91 Å². The van der Waals surface area contributed by atoms with Crippen LogP contribution in [0.5, 0.6) is 0 Å². The molecule has 3 fully saturated rings. The molecule has 0 aliphatic carbocycles. The van der Waals surface area contributed by atoms with Crippen LogP contribution in [-0.2, 0) is 4.79 Å². The molecule has 1 atom stereocenters. The number of nitrogens with one attached hydrogen (secondary N) is 1. The fourth-order valence-electron chi connectivity index (χ4n) is 3.11. The molecule has 3 saturated heterocycles. The fraction of sp³-hybridized carbons (Fsp3) is 0.438. The summed E-state index contributed by atoms with van der Waals surface area (Å²) in [6.45, 7) is 3.43. The largest absolute Gasteiger partial charge is 0.348 e. The van der Waals surface area contributed by atoms with E-state index in [2.05, 4.69) is 32.8 Å². The van der Waals surface area contributed by atoms with E-state index >= 15 is 0 Å². The lowest BCUT2D eigenvalue weighted by atomic mass is 9.84. The van der Waals surface area contributed by atoms with Gasteiger partial charge in [0.25, 0.3) is 0 Å². The first-order chi connectivity index (χ1) is 9.70. The Morgan fingerprint density at radius 3 is 2.55 bits per heavy atom. The third kappa shape index (κ3) is 3.41. The van der Waals surface area contributed by atoms with Gasteiger partial charge in [0, 0.05) is 22.2 Å². The van der Waals surface area contributed by atoms with Gasteiger partial charge in [0.1, 0.15) is 0 Å². The van der Waals surface area contributed by atoms with E-state index in [4.69, 9.17) is 0 Å². The zero-order chi connectivity index (χ0) is 13.9. The highest BCUT2D eigenvalue weighted by molar-refractivity contribution is 14.1. The maximum atomic E-state index is 12.0. The highest BCUT2D eigenvalue weighted by atomic mass is 127. The second kappa shape index (κ2) is 6.26. The molecule has 1 unspecified atom stereocenters. The van der Waals surface area contributed by atoms with E-state index < -0.39 is 0 Å². The van der Waals surface area contributed by atoms with Crippen LogP contribution >= 0.6 is 22.6 Å². The molecule has 106 valence electrons. The lowest BCUT2D eigenvalue weighted by molar-refractivity contribution is -0.118. The molecule has 0 spiro atoms. The molecule has 1 amide bonds.